The Morgan fingerprint density at radius 2 is 1.94 bits per heavy atom. The minimum Gasteiger partial charge on any atom is -0.480 e. The second-order valence-corrected chi connectivity index (χ2v) is 5.11. The van der Waals surface area contributed by atoms with Gasteiger partial charge in [-0.05, 0) is 44.7 Å². The van der Waals surface area contributed by atoms with Crippen molar-refractivity contribution in [3.63, 3.8) is 0 Å². The largest absolute Gasteiger partial charge is 0.480 e. The highest BCUT2D eigenvalue weighted by atomic mass is 16.4. The van der Waals surface area contributed by atoms with Gasteiger partial charge in [0.2, 0.25) is 0 Å². The van der Waals surface area contributed by atoms with Gasteiger partial charge in [0.15, 0.2) is 0 Å². The lowest BCUT2D eigenvalue weighted by Gasteiger charge is -2.31. The minimum absolute atomic E-state index is 0.329. The molecule has 0 bridgehead atoms. The van der Waals surface area contributed by atoms with Gasteiger partial charge < -0.3 is 5.11 Å². The molecule has 3 heteroatoms. The van der Waals surface area contributed by atoms with Crippen LogP contribution >= 0.6 is 0 Å². The van der Waals surface area contributed by atoms with Crippen LogP contribution in [0, 0.1) is 5.41 Å². The summed E-state index contributed by atoms with van der Waals surface area (Å²) in [6.45, 7) is 8.21. The van der Waals surface area contributed by atoms with Crippen molar-refractivity contribution in [2.24, 2.45) is 5.41 Å². The molecule has 1 fully saturated rings. The third kappa shape index (κ3) is 2.97. The highest BCUT2D eigenvalue weighted by Gasteiger charge is 2.31. The Kier molecular flexibility index (Phi) is 4.78. The second-order valence-electron chi connectivity index (χ2n) is 5.11. The van der Waals surface area contributed by atoms with Crippen molar-refractivity contribution in [1.29, 1.82) is 0 Å². The average molecular weight is 227 g/mol. The van der Waals surface area contributed by atoms with Crippen molar-refractivity contribution in [2.75, 3.05) is 13.1 Å². The fraction of sp³-hybridized carbons (Fsp3) is 0.923. The smallest absolute Gasteiger partial charge is 0.320 e. The molecule has 1 aliphatic heterocycles. The van der Waals surface area contributed by atoms with Crippen molar-refractivity contribution >= 4 is 5.97 Å². The van der Waals surface area contributed by atoms with Gasteiger partial charge >= 0.3 is 5.97 Å². The van der Waals surface area contributed by atoms with E-state index in [2.05, 4.69) is 18.7 Å². The van der Waals surface area contributed by atoms with Gasteiger partial charge in [-0.3, -0.25) is 9.69 Å². The zero-order chi connectivity index (χ0) is 12.2. The summed E-state index contributed by atoms with van der Waals surface area (Å²) < 4.78 is 0. The van der Waals surface area contributed by atoms with E-state index in [4.69, 9.17) is 5.11 Å². The first-order valence-electron chi connectivity index (χ1n) is 6.51. The SMILES string of the molecule is CCC1(CC)CCCN(C(C)C(=O)O)CC1. The number of likely N-dealkylation sites (tertiary alicyclic amines) is 1. The molecule has 1 rings (SSSR count). The highest BCUT2D eigenvalue weighted by molar-refractivity contribution is 5.72. The predicted octanol–water partition coefficient (Wildman–Crippen LogP) is 2.75. The number of aliphatic carboxylic acids is 1. The van der Waals surface area contributed by atoms with Crippen molar-refractivity contribution < 1.29 is 9.90 Å². The van der Waals surface area contributed by atoms with Crippen LogP contribution < -0.4 is 0 Å². The van der Waals surface area contributed by atoms with Gasteiger partial charge in [-0.15, -0.1) is 0 Å². The maximum Gasteiger partial charge on any atom is 0.320 e. The summed E-state index contributed by atoms with van der Waals surface area (Å²) in [6.07, 6.45) is 5.98. The molecule has 1 N–H and O–H groups in total. The monoisotopic (exact) mass is 227 g/mol. The molecule has 1 atom stereocenters. The first kappa shape index (κ1) is 13.5. The Morgan fingerprint density at radius 1 is 1.31 bits per heavy atom. The first-order valence-corrected chi connectivity index (χ1v) is 6.51. The lowest BCUT2D eigenvalue weighted by atomic mass is 9.76. The summed E-state index contributed by atoms with van der Waals surface area (Å²) in [5, 5.41) is 9.03. The van der Waals surface area contributed by atoms with Crippen molar-refractivity contribution in [1.82, 2.24) is 4.90 Å². The van der Waals surface area contributed by atoms with Crippen LogP contribution in [0.2, 0.25) is 0 Å². The molecule has 3 nitrogen and oxygen atoms in total. The molecule has 1 heterocycles. The van der Waals surface area contributed by atoms with Crippen LogP contribution in [0.15, 0.2) is 0 Å². The first-order chi connectivity index (χ1) is 7.54. The molecule has 94 valence electrons. The van der Waals surface area contributed by atoms with E-state index in [1.54, 1.807) is 6.92 Å². The summed E-state index contributed by atoms with van der Waals surface area (Å²) >= 11 is 0. The van der Waals surface area contributed by atoms with Crippen molar-refractivity contribution in [3.05, 3.63) is 0 Å². The molecule has 0 saturated carbocycles. The van der Waals surface area contributed by atoms with E-state index in [9.17, 15) is 4.79 Å². The standard InChI is InChI=1S/C13H25NO2/c1-4-13(5-2)7-6-9-14(10-8-13)11(3)12(15)16/h11H,4-10H2,1-3H3,(H,15,16). The van der Waals surface area contributed by atoms with Crippen LogP contribution in [0.4, 0.5) is 0 Å². The van der Waals surface area contributed by atoms with Crippen LogP contribution in [-0.2, 0) is 4.79 Å². The zero-order valence-corrected chi connectivity index (χ0v) is 10.8. The Balaban J connectivity index is 2.61. The number of carboxylic acids is 1. The molecule has 0 spiro atoms. The number of carbonyl (C=O) groups is 1. The van der Waals surface area contributed by atoms with Gasteiger partial charge in [-0.1, -0.05) is 26.7 Å². The third-order valence-corrected chi connectivity index (χ3v) is 4.49. The van der Waals surface area contributed by atoms with E-state index in [1.807, 2.05) is 0 Å². The fourth-order valence-corrected chi connectivity index (χ4v) is 2.78. The van der Waals surface area contributed by atoms with Gasteiger partial charge in [0.1, 0.15) is 6.04 Å². The van der Waals surface area contributed by atoms with Crippen LogP contribution in [0.5, 0.6) is 0 Å². The molecule has 0 aromatic heterocycles. The van der Waals surface area contributed by atoms with Crippen molar-refractivity contribution in [3.8, 4) is 0 Å². The Hall–Kier alpha value is -0.570. The molecule has 16 heavy (non-hydrogen) atoms. The predicted molar refractivity (Wildman–Crippen MR) is 65.5 cm³/mol. The second kappa shape index (κ2) is 5.67. The quantitative estimate of drug-likeness (QED) is 0.803. The maximum atomic E-state index is 11.0. The van der Waals surface area contributed by atoms with E-state index < -0.39 is 5.97 Å². The van der Waals surface area contributed by atoms with Crippen LogP contribution in [0.1, 0.15) is 52.9 Å². The molecule has 1 saturated heterocycles. The summed E-state index contributed by atoms with van der Waals surface area (Å²) in [4.78, 5) is 13.1. The van der Waals surface area contributed by atoms with Crippen LogP contribution in [0.25, 0.3) is 0 Å². The van der Waals surface area contributed by atoms with E-state index in [0.29, 0.717) is 5.41 Å². The Labute approximate surface area is 98.8 Å². The molecule has 1 unspecified atom stereocenters. The molecule has 0 radical (unpaired) electrons. The number of rotatable bonds is 4. The molecule has 0 amide bonds. The summed E-state index contributed by atoms with van der Waals surface area (Å²) in [5.74, 6) is -0.694. The number of hydrogen-bond donors (Lipinski definition) is 1. The molecule has 0 aromatic rings. The number of carboxylic acid groups (broad SMARTS) is 1. The molecule has 0 aromatic carbocycles. The maximum absolute atomic E-state index is 11.0. The fourth-order valence-electron chi connectivity index (χ4n) is 2.78. The van der Waals surface area contributed by atoms with Crippen molar-refractivity contribution in [2.45, 2.75) is 58.9 Å². The number of hydrogen-bond acceptors (Lipinski definition) is 2. The third-order valence-electron chi connectivity index (χ3n) is 4.49. The van der Waals surface area contributed by atoms with Gasteiger partial charge in [0.05, 0.1) is 0 Å². The summed E-state index contributed by atoms with van der Waals surface area (Å²) in [6, 6.07) is -0.329. The number of nitrogens with zero attached hydrogens (tertiary/aromatic N) is 1. The lowest BCUT2D eigenvalue weighted by Crippen LogP contribution is -2.39. The van der Waals surface area contributed by atoms with Gasteiger partial charge in [0.25, 0.3) is 0 Å². The van der Waals surface area contributed by atoms with Crippen LogP contribution in [-0.4, -0.2) is 35.1 Å². The average Bonchev–Trinajstić information content (AvgIpc) is 2.50. The van der Waals surface area contributed by atoms with Gasteiger partial charge in [-0.25, -0.2) is 0 Å². The molecular formula is C13H25NO2. The highest BCUT2D eigenvalue weighted by Crippen LogP contribution is 2.38. The van der Waals surface area contributed by atoms with E-state index in [1.165, 1.54) is 19.3 Å². The minimum atomic E-state index is -0.694. The topological polar surface area (TPSA) is 40.5 Å². The zero-order valence-electron chi connectivity index (χ0n) is 10.8. The van der Waals surface area contributed by atoms with E-state index in [-0.39, 0.29) is 6.04 Å². The van der Waals surface area contributed by atoms with Crippen LogP contribution in [0.3, 0.4) is 0 Å². The molecule has 1 aliphatic rings. The molecule has 0 aliphatic carbocycles. The lowest BCUT2D eigenvalue weighted by molar-refractivity contribution is -0.142. The normalized spacial score (nSPS) is 23.7. The van der Waals surface area contributed by atoms with E-state index >= 15 is 0 Å². The van der Waals surface area contributed by atoms with Gasteiger partial charge in [-0.2, -0.15) is 0 Å². The Morgan fingerprint density at radius 3 is 2.44 bits per heavy atom. The van der Waals surface area contributed by atoms with Gasteiger partial charge in [0, 0.05) is 0 Å². The summed E-state index contributed by atoms with van der Waals surface area (Å²) in [5.41, 5.74) is 0.465. The summed E-state index contributed by atoms with van der Waals surface area (Å²) in [7, 11) is 0. The van der Waals surface area contributed by atoms with E-state index in [0.717, 1.165) is 25.9 Å². The Bertz CT molecular complexity index is 236. The molecular weight excluding hydrogens is 202 g/mol.